The van der Waals surface area contributed by atoms with Crippen LogP contribution in [0.25, 0.3) is 0 Å². The van der Waals surface area contributed by atoms with Crippen molar-refractivity contribution in [1.82, 2.24) is 10.2 Å². The Bertz CT molecular complexity index is 399. The van der Waals surface area contributed by atoms with E-state index in [1.165, 1.54) is 0 Å². The molecule has 19 heavy (non-hydrogen) atoms. The summed E-state index contributed by atoms with van der Waals surface area (Å²) in [6.45, 7) is 4.99. The van der Waals surface area contributed by atoms with Crippen molar-refractivity contribution in [2.45, 2.75) is 19.4 Å². The highest BCUT2D eigenvalue weighted by Gasteiger charge is 2.26. The van der Waals surface area contributed by atoms with Crippen LogP contribution in [0, 0.1) is 17.5 Å². The van der Waals surface area contributed by atoms with Gasteiger partial charge in [-0.3, -0.25) is 4.90 Å². The number of hydrogen-bond acceptors (Lipinski definition) is 2. The van der Waals surface area contributed by atoms with E-state index in [0.717, 1.165) is 38.3 Å². The second-order valence-electron chi connectivity index (χ2n) is 4.49. The van der Waals surface area contributed by atoms with E-state index in [0.29, 0.717) is 6.42 Å². The third kappa shape index (κ3) is 3.61. The first kappa shape index (κ1) is 16.3. The summed E-state index contributed by atoms with van der Waals surface area (Å²) in [4.78, 5) is 2.04. The van der Waals surface area contributed by atoms with Crippen molar-refractivity contribution < 1.29 is 13.2 Å². The molecule has 108 valence electrons. The third-order valence-electron chi connectivity index (χ3n) is 3.36. The molecule has 1 aromatic carbocycles. The predicted molar refractivity (Wildman–Crippen MR) is 71.0 cm³/mol. The van der Waals surface area contributed by atoms with E-state index >= 15 is 0 Å². The van der Waals surface area contributed by atoms with E-state index in [9.17, 15) is 13.2 Å². The Kier molecular flexibility index (Phi) is 6.10. The van der Waals surface area contributed by atoms with Gasteiger partial charge in [0, 0.05) is 49.9 Å². The molecule has 1 N–H and O–H groups in total. The summed E-state index contributed by atoms with van der Waals surface area (Å²) in [6.07, 6.45) is 0.597. The molecule has 1 heterocycles. The molecule has 1 saturated heterocycles. The van der Waals surface area contributed by atoms with Crippen LogP contribution in [0.5, 0.6) is 0 Å². The zero-order chi connectivity index (χ0) is 13.1. The first-order valence-electron chi connectivity index (χ1n) is 6.22. The van der Waals surface area contributed by atoms with E-state index in [1.54, 1.807) is 0 Å². The average Bonchev–Trinajstić information content (AvgIpc) is 2.34. The second kappa shape index (κ2) is 7.12. The smallest absolute Gasteiger partial charge is 0.133 e. The molecule has 0 radical (unpaired) electrons. The highest BCUT2D eigenvalue weighted by molar-refractivity contribution is 5.85. The maximum atomic E-state index is 13.8. The van der Waals surface area contributed by atoms with Crippen molar-refractivity contribution in [1.29, 1.82) is 0 Å². The van der Waals surface area contributed by atoms with Crippen LogP contribution in [0.2, 0.25) is 0 Å². The standard InChI is InChI=1S/C13H17F3N2.ClH/c1-2-12(18-5-3-17-4-6-18)13-10(15)7-9(14)8-11(13)16;/h7-8,12,17H,2-6H2,1H3;1H/t12-;/m1./s1. The minimum Gasteiger partial charge on any atom is -0.314 e. The fourth-order valence-electron chi connectivity index (χ4n) is 2.51. The molecule has 0 aliphatic carbocycles. The number of hydrogen-bond donors (Lipinski definition) is 1. The Morgan fingerprint density at radius 1 is 1.16 bits per heavy atom. The molecule has 2 rings (SSSR count). The lowest BCUT2D eigenvalue weighted by molar-refractivity contribution is 0.162. The summed E-state index contributed by atoms with van der Waals surface area (Å²) in [5, 5.41) is 3.19. The molecule has 1 aliphatic rings. The van der Waals surface area contributed by atoms with Crippen molar-refractivity contribution in [3.8, 4) is 0 Å². The van der Waals surface area contributed by atoms with Crippen LogP contribution in [-0.2, 0) is 0 Å². The van der Waals surface area contributed by atoms with Gasteiger partial charge in [-0.05, 0) is 6.42 Å². The summed E-state index contributed by atoms with van der Waals surface area (Å²) < 4.78 is 40.5. The molecule has 1 aromatic rings. The van der Waals surface area contributed by atoms with Gasteiger partial charge in [-0.15, -0.1) is 12.4 Å². The molecule has 1 atom stereocenters. The van der Waals surface area contributed by atoms with Crippen molar-refractivity contribution in [2.24, 2.45) is 0 Å². The summed E-state index contributed by atoms with van der Waals surface area (Å²) >= 11 is 0. The molecule has 1 aliphatic heterocycles. The van der Waals surface area contributed by atoms with E-state index in [-0.39, 0.29) is 24.0 Å². The molecule has 1 fully saturated rings. The Labute approximate surface area is 117 Å². The number of benzene rings is 1. The van der Waals surface area contributed by atoms with E-state index in [4.69, 9.17) is 0 Å². The molecule has 0 saturated carbocycles. The van der Waals surface area contributed by atoms with Gasteiger partial charge in [-0.25, -0.2) is 13.2 Å². The van der Waals surface area contributed by atoms with Crippen LogP contribution in [0.4, 0.5) is 13.2 Å². The van der Waals surface area contributed by atoms with Crippen molar-refractivity contribution in [2.75, 3.05) is 26.2 Å². The highest BCUT2D eigenvalue weighted by Crippen LogP contribution is 2.29. The second-order valence-corrected chi connectivity index (χ2v) is 4.49. The molecular formula is C13H18ClF3N2. The van der Waals surface area contributed by atoms with Crippen LogP contribution >= 0.6 is 12.4 Å². The summed E-state index contributed by atoms with van der Waals surface area (Å²) in [5.74, 6) is -2.46. The first-order valence-corrected chi connectivity index (χ1v) is 6.22. The van der Waals surface area contributed by atoms with Crippen LogP contribution in [-0.4, -0.2) is 31.1 Å². The minimum absolute atomic E-state index is 0. The maximum Gasteiger partial charge on any atom is 0.133 e. The van der Waals surface area contributed by atoms with Crippen LogP contribution in [0.15, 0.2) is 12.1 Å². The van der Waals surface area contributed by atoms with Crippen LogP contribution in [0.3, 0.4) is 0 Å². The van der Waals surface area contributed by atoms with Gasteiger partial charge in [0.25, 0.3) is 0 Å². The third-order valence-corrected chi connectivity index (χ3v) is 3.36. The number of piperazine rings is 1. The number of nitrogens with one attached hydrogen (secondary N) is 1. The van der Waals surface area contributed by atoms with Gasteiger partial charge in [0.2, 0.25) is 0 Å². The van der Waals surface area contributed by atoms with Gasteiger partial charge in [-0.1, -0.05) is 6.92 Å². The number of halogens is 4. The largest absolute Gasteiger partial charge is 0.314 e. The fourth-order valence-corrected chi connectivity index (χ4v) is 2.51. The topological polar surface area (TPSA) is 15.3 Å². The highest BCUT2D eigenvalue weighted by atomic mass is 35.5. The van der Waals surface area contributed by atoms with Gasteiger partial charge in [0.05, 0.1) is 0 Å². The zero-order valence-corrected chi connectivity index (χ0v) is 11.6. The minimum atomic E-state index is -0.871. The Balaban J connectivity index is 0.00000180. The molecule has 0 unspecified atom stereocenters. The first-order chi connectivity index (χ1) is 8.63. The van der Waals surface area contributed by atoms with E-state index in [1.807, 2.05) is 11.8 Å². The zero-order valence-electron chi connectivity index (χ0n) is 10.8. The molecule has 2 nitrogen and oxygen atoms in total. The molecular weight excluding hydrogens is 277 g/mol. The van der Waals surface area contributed by atoms with Gasteiger partial charge >= 0.3 is 0 Å². The summed E-state index contributed by atoms with van der Waals surface area (Å²) in [5.41, 5.74) is -0.0131. The predicted octanol–water partition coefficient (Wildman–Crippen LogP) is 2.88. The molecule has 6 heteroatoms. The number of rotatable bonds is 3. The van der Waals surface area contributed by atoms with E-state index in [2.05, 4.69) is 5.32 Å². The lowest BCUT2D eigenvalue weighted by Gasteiger charge is -2.35. The van der Waals surface area contributed by atoms with Crippen LogP contribution < -0.4 is 5.32 Å². The number of nitrogens with zero attached hydrogens (tertiary/aromatic N) is 1. The SMILES string of the molecule is CC[C@H](c1c(F)cc(F)cc1F)N1CCNCC1.Cl. The molecule has 0 bridgehead atoms. The van der Waals surface area contributed by atoms with Gasteiger partial charge < -0.3 is 5.32 Å². The molecule has 0 spiro atoms. The average molecular weight is 295 g/mol. The van der Waals surface area contributed by atoms with Gasteiger partial charge in [0.15, 0.2) is 0 Å². The van der Waals surface area contributed by atoms with Gasteiger partial charge in [0.1, 0.15) is 17.5 Å². The summed E-state index contributed by atoms with van der Waals surface area (Å²) in [7, 11) is 0. The fraction of sp³-hybridized carbons (Fsp3) is 0.538. The maximum absolute atomic E-state index is 13.8. The normalized spacial score (nSPS) is 17.9. The lowest BCUT2D eigenvalue weighted by Crippen LogP contribution is -2.45. The van der Waals surface area contributed by atoms with Crippen molar-refractivity contribution in [3.05, 3.63) is 35.1 Å². The van der Waals surface area contributed by atoms with Crippen molar-refractivity contribution in [3.63, 3.8) is 0 Å². The molecule has 0 amide bonds. The Hall–Kier alpha value is -0.780. The Morgan fingerprint density at radius 2 is 1.68 bits per heavy atom. The van der Waals surface area contributed by atoms with E-state index < -0.39 is 17.5 Å². The summed E-state index contributed by atoms with van der Waals surface area (Å²) in [6, 6.07) is 1.18. The monoisotopic (exact) mass is 294 g/mol. The van der Waals surface area contributed by atoms with Crippen molar-refractivity contribution >= 4 is 12.4 Å². The van der Waals surface area contributed by atoms with Gasteiger partial charge in [-0.2, -0.15) is 0 Å². The lowest BCUT2D eigenvalue weighted by atomic mass is 10.0. The Morgan fingerprint density at radius 3 is 2.16 bits per heavy atom. The molecule has 0 aromatic heterocycles. The quantitative estimate of drug-likeness (QED) is 0.922. The van der Waals surface area contributed by atoms with Crippen LogP contribution in [0.1, 0.15) is 24.9 Å².